The van der Waals surface area contributed by atoms with Gasteiger partial charge in [-0.1, -0.05) is 6.07 Å². The highest BCUT2D eigenvalue weighted by Gasteiger charge is 2.13. The van der Waals surface area contributed by atoms with E-state index in [1.807, 2.05) is 25.1 Å². The fraction of sp³-hybridized carbons (Fsp3) is 0.429. The van der Waals surface area contributed by atoms with Crippen molar-refractivity contribution in [2.45, 2.75) is 32.7 Å². The first-order chi connectivity index (χ1) is 9.40. The number of ether oxygens (including phenoxy) is 1. The van der Waals surface area contributed by atoms with Crippen LogP contribution in [-0.2, 0) is 9.59 Å². The van der Waals surface area contributed by atoms with Gasteiger partial charge in [-0.05, 0) is 53.9 Å². The van der Waals surface area contributed by atoms with Gasteiger partial charge in [0.05, 0.1) is 11.1 Å². The summed E-state index contributed by atoms with van der Waals surface area (Å²) in [5.74, 6) is -0.598. The molecule has 0 aliphatic rings. The fourth-order valence-corrected chi connectivity index (χ4v) is 2.12. The summed E-state index contributed by atoms with van der Waals surface area (Å²) in [6.07, 6.45) is 0.763. The number of carbonyl (C=O) groups is 2. The van der Waals surface area contributed by atoms with Crippen molar-refractivity contribution >= 4 is 27.8 Å². The molecule has 0 aliphatic heterocycles. The van der Waals surface area contributed by atoms with Crippen molar-refractivity contribution in [1.29, 1.82) is 0 Å². The van der Waals surface area contributed by atoms with E-state index in [2.05, 4.69) is 21.2 Å². The van der Waals surface area contributed by atoms with Gasteiger partial charge < -0.3 is 15.2 Å². The molecule has 5 nitrogen and oxygen atoms in total. The Morgan fingerprint density at radius 2 is 2.15 bits per heavy atom. The highest BCUT2D eigenvalue weighted by Crippen LogP contribution is 2.25. The van der Waals surface area contributed by atoms with Crippen LogP contribution in [0, 0.1) is 6.92 Å². The van der Waals surface area contributed by atoms with Crippen molar-refractivity contribution in [2.24, 2.45) is 0 Å². The Labute approximate surface area is 126 Å². The van der Waals surface area contributed by atoms with Gasteiger partial charge in [0, 0.05) is 6.42 Å². The molecule has 0 saturated heterocycles. The van der Waals surface area contributed by atoms with Gasteiger partial charge in [-0.2, -0.15) is 0 Å². The summed E-state index contributed by atoms with van der Waals surface area (Å²) in [4.78, 5) is 22.0. The van der Waals surface area contributed by atoms with E-state index in [0.717, 1.165) is 15.8 Å². The van der Waals surface area contributed by atoms with Gasteiger partial charge in [-0.25, -0.2) is 0 Å². The highest BCUT2D eigenvalue weighted by atomic mass is 79.9. The van der Waals surface area contributed by atoms with Crippen LogP contribution < -0.4 is 10.1 Å². The van der Waals surface area contributed by atoms with Gasteiger partial charge in [-0.3, -0.25) is 9.59 Å². The third-order valence-electron chi connectivity index (χ3n) is 2.64. The van der Waals surface area contributed by atoms with E-state index in [0.29, 0.717) is 13.0 Å². The van der Waals surface area contributed by atoms with Gasteiger partial charge >= 0.3 is 5.97 Å². The molecule has 1 unspecified atom stereocenters. The molecule has 0 bridgehead atoms. The van der Waals surface area contributed by atoms with Crippen LogP contribution in [0.2, 0.25) is 0 Å². The van der Waals surface area contributed by atoms with Crippen molar-refractivity contribution in [3.05, 3.63) is 28.2 Å². The minimum absolute atomic E-state index is 0.237. The predicted molar refractivity (Wildman–Crippen MR) is 78.8 cm³/mol. The Morgan fingerprint density at radius 1 is 1.45 bits per heavy atom. The third kappa shape index (κ3) is 5.61. The van der Waals surface area contributed by atoms with Crippen LogP contribution in [0.25, 0.3) is 0 Å². The summed E-state index contributed by atoms with van der Waals surface area (Å²) >= 11 is 3.41. The molecular weight excluding hydrogens is 326 g/mol. The lowest BCUT2D eigenvalue weighted by Gasteiger charge is -2.10. The third-order valence-corrected chi connectivity index (χ3v) is 3.26. The number of aryl methyl sites for hydroxylation is 1. The van der Waals surface area contributed by atoms with Gasteiger partial charge in [0.1, 0.15) is 11.8 Å². The van der Waals surface area contributed by atoms with Crippen molar-refractivity contribution in [3.63, 3.8) is 0 Å². The molecule has 2 N–H and O–H groups in total. The molecule has 0 aliphatic carbocycles. The Bertz CT molecular complexity index is 490. The first kappa shape index (κ1) is 16.5. The van der Waals surface area contributed by atoms with Crippen molar-refractivity contribution < 1.29 is 19.4 Å². The topological polar surface area (TPSA) is 75.6 Å². The van der Waals surface area contributed by atoms with Crippen LogP contribution in [0.3, 0.4) is 0 Å². The fourth-order valence-electron chi connectivity index (χ4n) is 1.51. The average Bonchev–Trinajstić information content (AvgIpc) is 2.36. The molecule has 1 aromatic carbocycles. The largest absolute Gasteiger partial charge is 0.492 e. The Balaban J connectivity index is 2.28. The first-order valence-electron chi connectivity index (χ1n) is 6.31. The number of benzene rings is 1. The number of nitrogens with one attached hydrogen (secondary N) is 1. The zero-order chi connectivity index (χ0) is 15.1. The summed E-state index contributed by atoms with van der Waals surface area (Å²) in [5.41, 5.74) is 1.13. The average molecular weight is 344 g/mol. The van der Waals surface area contributed by atoms with E-state index in [-0.39, 0.29) is 12.3 Å². The predicted octanol–water partition coefficient (Wildman–Crippen LogP) is 2.51. The number of carboxylic acids is 1. The molecule has 20 heavy (non-hydrogen) atoms. The van der Waals surface area contributed by atoms with E-state index in [4.69, 9.17) is 9.84 Å². The molecule has 6 heteroatoms. The molecular formula is C14H18BrNO4. The normalized spacial score (nSPS) is 11.8. The summed E-state index contributed by atoms with van der Waals surface area (Å²) in [7, 11) is 0. The SMILES string of the molecule is Cc1ccc(OCCCC(=O)NC(C)C(=O)O)c(Br)c1. The monoisotopic (exact) mass is 343 g/mol. The Hall–Kier alpha value is -1.56. The quantitative estimate of drug-likeness (QED) is 0.746. The van der Waals surface area contributed by atoms with Crippen LogP contribution in [0.4, 0.5) is 0 Å². The molecule has 0 saturated carbocycles. The molecule has 110 valence electrons. The summed E-state index contributed by atoms with van der Waals surface area (Å²) in [5, 5.41) is 11.1. The molecule has 1 rings (SSSR count). The van der Waals surface area contributed by atoms with Gasteiger partial charge in [0.2, 0.25) is 5.91 Å². The molecule has 1 atom stereocenters. The molecule has 1 amide bonds. The maximum atomic E-state index is 11.4. The number of hydrogen-bond acceptors (Lipinski definition) is 3. The maximum absolute atomic E-state index is 11.4. The van der Waals surface area contributed by atoms with Crippen molar-refractivity contribution in [3.8, 4) is 5.75 Å². The summed E-state index contributed by atoms with van der Waals surface area (Å²) in [6, 6.07) is 4.90. The second-order valence-corrected chi connectivity index (χ2v) is 5.37. The van der Waals surface area contributed by atoms with E-state index >= 15 is 0 Å². The van der Waals surface area contributed by atoms with Gasteiger partial charge in [0.25, 0.3) is 0 Å². The van der Waals surface area contributed by atoms with E-state index < -0.39 is 12.0 Å². The van der Waals surface area contributed by atoms with E-state index in [9.17, 15) is 9.59 Å². The van der Waals surface area contributed by atoms with Crippen LogP contribution in [0.5, 0.6) is 5.75 Å². The van der Waals surface area contributed by atoms with Crippen LogP contribution >= 0.6 is 15.9 Å². The number of carboxylic acid groups (broad SMARTS) is 1. The maximum Gasteiger partial charge on any atom is 0.325 e. The highest BCUT2D eigenvalue weighted by molar-refractivity contribution is 9.10. The second-order valence-electron chi connectivity index (χ2n) is 4.51. The first-order valence-corrected chi connectivity index (χ1v) is 7.10. The molecule has 0 fully saturated rings. The van der Waals surface area contributed by atoms with Gasteiger partial charge in [-0.15, -0.1) is 0 Å². The van der Waals surface area contributed by atoms with Crippen molar-refractivity contribution in [1.82, 2.24) is 5.32 Å². The molecule has 1 aromatic rings. The standard InChI is InChI=1S/C14H18BrNO4/c1-9-5-6-12(11(15)8-9)20-7-3-4-13(17)16-10(2)14(18)19/h5-6,8,10H,3-4,7H2,1-2H3,(H,16,17)(H,18,19). The Morgan fingerprint density at radius 3 is 2.75 bits per heavy atom. The number of halogens is 1. The number of aliphatic carboxylic acids is 1. The minimum Gasteiger partial charge on any atom is -0.492 e. The minimum atomic E-state index is -1.04. The lowest BCUT2D eigenvalue weighted by atomic mass is 10.2. The lowest BCUT2D eigenvalue weighted by Crippen LogP contribution is -2.38. The molecule has 0 heterocycles. The van der Waals surface area contributed by atoms with E-state index in [1.54, 1.807) is 0 Å². The van der Waals surface area contributed by atoms with E-state index in [1.165, 1.54) is 6.92 Å². The number of carbonyl (C=O) groups excluding carboxylic acids is 1. The number of hydrogen-bond donors (Lipinski definition) is 2. The summed E-state index contributed by atoms with van der Waals surface area (Å²) in [6.45, 7) is 3.82. The lowest BCUT2D eigenvalue weighted by molar-refractivity contribution is -0.141. The second kappa shape index (κ2) is 7.89. The van der Waals surface area contributed by atoms with Crippen LogP contribution in [0.15, 0.2) is 22.7 Å². The zero-order valence-electron chi connectivity index (χ0n) is 11.5. The molecule has 0 radical (unpaired) electrons. The number of amides is 1. The number of rotatable bonds is 7. The molecule has 0 aromatic heterocycles. The van der Waals surface area contributed by atoms with Crippen LogP contribution in [-0.4, -0.2) is 29.6 Å². The van der Waals surface area contributed by atoms with Gasteiger partial charge in [0.15, 0.2) is 0 Å². The molecule has 0 spiro atoms. The smallest absolute Gasteiger partial charge is 0.325 e. The van der Waals surface area contributed by atoms with Crippen LogP contribution in [0.1, 0.15) is 25.3 Å². The van der Waals surface area contributed by atoms with Crippen molar-refractivity contribution in [2.75, 3.05) is 6.61 Å². The summed E-state index contributed by atoms with van der Waals surface area (Å²) < 4.78 is 6.43. The zero-order valence-corrected chi connectivity index (χ0v) is 13.1. The Kier molecular flexibility index (Phi) is 6.51.